The quantitative estimate of drug-likeness (QED) is 0.332. The van der Waals surface area contributed by atoms with Crippen molar-refractivity contribution in [2.24, 2.45) is 0 Å². The van der Waals surface area contributed by atoms with Gasteiger partial charge in [-0.2, -0.15) is 0 Å². The number of fused-ring (bicyclic) bond motifs is 1. The summed E-state index contributed by atoms with van der Waals surface area (Å²) < 4.78 is 50.5. The van der Waals surface area contributed by atoms with Crippen LogP contribution in [0.3, 0.4) is 0 Å². The Bertz CT molecular complexity index is 1580. The van der Waals surface area contributed by atoms with E-state index in [0.717, 1.165) is 17.2 Å². The van der Waals surface area contributed by atoms with Gasteiger partial charge >= 0.3 is 6.36 Å². The molecule has 3 heterocycles. The molecule has 2 aromatic carbocycles. The van der Waals surface area contributed by atoms with Crippen LogP contribution in [0.4, 0.5) is 18.9 Å². The van der Waals surface area contributed by atoms with Gasteiger partial charge in [0.25, 0.3) is 5.56 Å². The molecule has 0 radical (unpaired) electrons. The van der Waals surface area contributed by atoms with Crippen molar-refractivity contribution in [2.75, 3.05) is 31.6 Å². The van der Waals surface area contributed by atoms with Crippen molar-refractivity contribution in [3.63, 3.8) is 0 Å². The maximum Gasteiger partial charge on any atom is 0.573 e. The zero-order valence-corrected chi connectivity index (χ0v) is 21.3. The number of nitrogens with zero attached hydrogens (tertiary/aromatic N) is 4. The monoisotopic (exact) mass is 553 g/mol. The highest BCUT2D eigenvalue weighted by Crippen LogP contribution is 2.46. The molecule has 1 saturated carbocycles. The first-order valence-electron chi connectivity index (χ1n) is 12.8. The van der Waals surface area contributed by atoms with Gasteiger partial charge in [-0.1, -0.05) is 12.1 Å². The Morgan fingerprint density at radius 3 is 2.58 bits per heavy atom. The second-order valence-electron chi connectivity index (χ2n) is 9.87. The molecule has 1 saturated heterocycles. The molecule has 2 aliphatic rings. The van der Waals surface area contributed by atoms with E-state index in [0.29, 0.717) is 50.0 Å². The van der Waals surface area contributed by atoms with E-state index >= 15 is 0 Å². The summed E-state index contributed by atoms with van der Waals surface area (Å²) in [5.41, 5.74) is 1.34. The number of pyridine rings is 1. The predicted octanol–water partition coefficient (Wildman–Crippen LogP) is 3.94. The van der Waals surface area contributed by atoms with Crippen LogP contribution in [-0.2, 0) is 4.74 Å². The van der Waals surface area contributed by atoms with Crippen LogP contribution < -0.4 is 15.6 Å². The normalized spacial score (nSPS) is 17.9. The van der Waals surface area contributed by atoms with Crippen molar-refractivity contribution < 1.29 is 27.8 Å². The van der Waals surface area contributed by atoms with Crippen molar-refractivity contribution in [3.8, 4) is 22.6 Å². The van der Waals surface area contributed by atoms with Crippen molar-refractivity contribution in [1.82, 2.24) is 19.4 Å². The molecule has 2 fully saturated rings. The minimum absolute atomic E-state index is 0.0965. The summed E-state index contributed by atoms with van der Waals surface area (Å²) in [6.07, 6.45) is -0.0429. The Morgan fingerprint density at radius 2 is 1.88 bits per heavy atom. The van der Waals surface area contributed by atoms with Crippen LogP contribution >= 0.6 is 0 Å². The van der Waals surface area contributed by atoms with Gasteiger partial charge in [0.05, 0.1) is 41.0 Å². The molecular formula is C28H26F3N5O4. The van der Waals surface area contributed by atoms with E-state index in [1.807, 2.05) is 12.1 Å². The van der Waals surface area contributed by atoms with Crippen LogP contribution in [-0.4, -0.2) is 69.0 Å². The number of aromatic nitrogens is 3. The third kappa shape index (κ3) is 5.12. The van der Waals surface area contributed by atoms with E-state index in [-0.39, 0.29) is 11.4 Å². The number of halogens is 3. The van der Waals surface area contributed by atoms with Gasteiger partial charge in [-0.05, 0) is 54.8 Å². The Kier molecular flexibility index (Phi) is 6.69. The van der Waals surface area contributed by atoms with Gasteiger partial charge in [0.1, 0.15) is 12.6 Å². The first kappa shape index (κ1) is 26.2. The molecule has 1 atom stereocenters. The van der Waals surface area contributed by atoms with E-state index in [9.17, 15) is 23.1 Å². The smallest absolute Gasteiger partial charge is 0.404 e. The fourth-order valence-corrected chi connectivity index (χ4v) is 5.19. The molecule has 4 aromatic rings. The molecule has 2 aromatic heterocycles. The summed E-state index contributed by atoms with van der Waals surface area (Å²) in [5, 5.41) is 14.3. The van der Waals surface area contributed by atoms with Gasteiger partial charge in [-0.15, -0.1) is 13.2 Å². The van der Waals surface area contributed by atoms with Crippen LogP contribution in [0.5, 0.6) is 5.75 Å². The third-order valence-electron chi connectivity index (χ3n) is 7.43. The standard InChI is InChI=1S/C28H26F3N5O4/c29-28(30,31)40-24-6-4-20(15-23(24)34-26(38)27(7-8-27)35-10-12-39-13-11-35)36-17-33-22-14-18(3-5-21(22)25(36)37)19-2-1-9-32-16-19/h1-6,9,14-17,26,34,38H,7-8,10-13H2. The topological polar surface area (TPSA) is 102 Å². The van der Waals surface area contributed by atoms with Gasteiger partial charge in [0, 0.05) is 31.0 Å². The van der Waals surface area contributed by atoms with Gasteiger partial charge in [0.15, 0.2) is 5.75 Å². The lowest BCUT2D eigenvalue weighted by Gasteiger charge is -2.38. The zero-order chi connectivity index (χ0) is 27.9. The molecule has 208 valence electrons. The molecular weight excluding hydrogens is 527 g/mol. The van der Waals surface area contributed by atoms with E-state index in [1.165, 1.54) is 23.0 Å². The highest BCUT2D eigenvalue weighted by Gasteiger charge is 2.54. The van der Waals surface area contributed by atoms with Gasteiger partial charge < -0.3 is 19.9 Å². The number of aliphatic hydroxyl groups excluding tert-OH is 1. The summed E-state index contributed by atoms with van der Waals surface area (Å²) in [6.45, 7) is 2.28. The number of anilines is 1. The van der Waals surface area contributed by atoms with Crippen LogP contribution in [0, 0.1) is 0 Å². The number of ether oxygens (including phenoxy) is 2. The fraction of sp³-hybridized carbons (Fsp3) is 0.321. The van der Waals surface area contributed by atoms with Gasteiger partial charge in [-0.25, -0.2) is 4.98 Å². The van der Waals surface area contributed by atoms with E-state index in [1.54, 1.807) is 30.6 Å². The second-order valence-corrected chi connectivity index (χ2v) is 9.87. The van der Waals surface area contributed by atoms with Gasteiger partial charge in [-0.3, -0.25) is 19.2 Å². The van der Waals surface area contributed by atoms with Crippen LogP contribution in [0.15, 0.2) is 72.0 Å². The molecule has 1 unspecified atom stereocenters. The average molecular weight is 554 g/mol. The largest absolute Gasteiger partial charge is 0.573 e. The minimum atomic E-state index is -4.95. The number of hydrogen-bond donors (Lipinski definition) is 2. The summed E-state index contributed by atoms with van der Waals surface area (Å²) in [6, 6.07) is 12.7. The van der Waals surface area contributed by atoms with Crippen molar-refractivity contribution >= 4 is 16.6 Å². The number of morpholine rings is 1. The molecule has 40 heavy (non-hydrogen) atoms. The lowest BCUT2D eigenvalue weighted by atomic mass is 10.1. The molecule has 1 aliphatic carbocycles. The predicted molar refractivity (Wildman–Crippen MR) is 141 cm³/mol. The van der Waals surface area contributed by atoms with Crippen LogP contribution in [0.1, 0.15) is 12.8 Å². The summed E-state index contributed by atoms with van der Waals surface area (Å²) in [4.78, 5) is 24.1. The molecule has 0 amide bonds. The lowest BCUT2D eigenvalue weighted by Crippen LogP contribution is -2.53. The number of alkyl halides is 3. The molecule has 6 rings (SSSR count). The summed E-state index contributed by atoms with van der Waals surface area (Å²) in [7, 11) is 0. The number of aliphatic hydroxyl groups is 1. The average Bonchev–Trinajstić information content (AvgIpc) is 3.77. The van der Waals surface area contributed by atoms with E-state index in [4.69, 9.17) is 4.74 Å². The van der Waals surface area contributed by atoms with Crippen molar-refractivity contribution in [1.29, 1.82) is 0 Å². The Morgan fingerprint density at radius 1 is 1.07 bits per heavy atom. The maximum atomic E-state index is 13.4. The molecule has 12 heteroatoms. The molecule has 2 N–H and O–H groups in total. The molecule has 1 aliphatic heterocycles. The third-order valence-corrected chi connectivity index (χ3v) is 7.43. The second kappa shape index (κ2) is 10.2. The highest BCUT2D eigenvalue weighted by atomic mass is 19.4. The minimum Gasteiger partial charge on any atom is -0.404 e. The molecule has 0 bridgehead atoms. The number of nitrogens with one attached hydrogen (secondary N) is 1. The summed E-state index contributed by atoms with van der Waals surface area (Å²) >= 11 is 0. The number of rotatable bonds is 7. The Hall–Kier alpha value is -4.00. The van der Waals surface area contributed by atoms with Gasteiger partial charge in [0.2, 0.25) is 0 Å². The zero-order valence-electron chi connectivity index (χ0n) is 21.3. The fourth-order valence-electron chi connectivity index (χ4n) is 5.19. The van der Waals surface area contributed by atoms with E-state index in [2.05, 4.69) is 24.9 Å². The Balaban J connectivity index is 1.34. The van der Waals surface area contributed by atoms with Crippen LogP contribution in [0.2, 0.25) is 0 Å². The molecule has 9 nitrogen and oxygen atoms in total. The SMILES string of the molecule is O=c1c2ccc(-c3cccnc3)cc2ncn1-c1ccc(OC(F)(F)F)c(NC(O)C2(N3CCOCC3)CC2)c1. The maximum absolute atomic E-state index is 13.4. The highest BCUT2D eigenvalue weighted by molar-refractivity contribution is 5.83. The first-order valence-corrected chi connectivity index (χ1v) is 12.8. The van der Waals surface area contributed by atoms with Crippen LogP contribution in [0.25, 0.3) is 27.7 Å². The Labute approximate surface area is 226 Å². The lowest BCUT2D eigenvalue weighted by molar-refractivity contribution is -0.274. The first-order chi connectivity index (χ1) is 19.2. The van der Waals surface area contributed by atoms with Crippen molar-refractivity contribution in [3.05, 3.63) is 77.6 Å². The number of benzene rings is 2. The van der Waals surface area contributed by atoms with Crippen molar-refractivity contribution in [2.45, 2.75) is 31.0 Å². The van der Waals surface area contributed by atoms with E-state index < -0.39 is 29.4 Å². The summed E-state index contributed by atoms with van der Waals surface area (Å²) in [5.74, 6) is -0.518. The number of hydrogen-bond acceptors (Lipinski definition) is 8. The molecule has 0 spiro atoms.